The van der Waals surface area contributed by atoms with Gasteiger partial charge < -0.3 is 25.6 Å². The molecule has 0 radical (unpaired) electrons. The number of anilines is 1. The van der Waals surface area contributed by atoms with Crippen LogP contribution in [0.5, 0.6) is 23.0 Å². The number of carboxylic acids is 1. The second-order valence-corrected chi connectivity index (χ2v) is 19.0. The van der Waals surface area contributed by atoms with E-state index in [-0.39, 0.29) is 86.8 Å². The number of carboxylic acid groups (broad SMARTS) is 1. The number of halogens is 2. The Hall–Kier alpha value is -8.98. The second kappa shape index (κ2) is 23.3. The van der Waals surface area contributed by atoms with Crippen molar-refractivity contribution in [3.8, 4) is 23.0 Å². The molecule has 394 valence electrons. The van der Waals surface area contributed by atoms with Crippen molar-refractivity contribution < 1.29 is 52.1 Å². The van der Waals surface area contributed by atoms with Crippen LogP contribution >= 0.6 is 0 Å². The predicted molar refractivity (Wildman–Crippen MR) is 290 cm³/mol. The van der Waals surface area contributed by atoms with Gasteiger partial charge in [-0.15, -0.1) is 0 Å². The molecule has 13 nitrogen and oxygen atoms in total. The number of aryl methyl sites for hydroxylation is 1. The first-order valence-corrected chi connectivity index (χ1v) is 24.2. The fourth-order valence-corrected chi connectivity index (χ4v) is 9.10. The number of ketones is 4. The number of aromatic carboxylic acids is 1. The van der Waals surface area contributed by atoms with Gasteiger partial charge in [0.1, 0.15) is 34.6 Å². The van der Waals surface area contributed by atoms with Gasteiger partial charge in [0.05, 0.1) is 33.0 Å². The van der Waals surface area contributed by atoms with Crippen molar-refractivity contribution in [3.63, 3.8) is 0 Å². The molecule has 0 aliphatic heterocycles. The molecule has 2 aliphatic carbocycles. The van der Waals surface area contributed by atoms with Gasteiger partial charge in [-0.2, -0.15) is 0 Å². The molecule has 15 heteroatoms. The summed E-state index contributed by atoms with van der Waals surface area (Å²) in [6.07, 6.45) is 5.88. The molecule has 2 aliphatic rings. The van der Waals surface area contributed by atoms with Crippen LogP contribution in [-0.4, -0.2) is 57.1 Å². The molecule has 0 saturated heterocycles. The number of fused-ring (bicyclic) bond motifs is 2. The van der Waals surface area contributed by atoms with Crippen molar-refractivity contribution in [2.45, 2.75) is 73.1 Å². The molecule has 1 amide bonds. The Morgan fingerprint density at radius 1 is 0.545 bits per heavy atom. The number of Topliss-reactive ketones (excluding diaryl/α,β-unsaturated/α-hetero) is 4. The van der Waals surface area contributed by atoms with Crippen LogP contribution in [0.2, 0.25) is 0 Å². The van der Waals surface area contributed by atoms with Gasteiger partial charge in [0, 0.05) is 61.6 Å². The molecule has 0 atom stereocenters. The summed E-state index contributed by atoms with van der Waals surface area (Å²) in [7, 11) is 1.53. The van der Waals surface area contributed by atoms with Crippen molar-refractivity contribution in [1.29, 1.82) is 0 Å². The zero-order valence-corrected chi connectivity index (χ0v) is 41.0. The number of hydrogen-bond acceptors (Lipinski definition) is 11. The van der Waals surface area contributed by atoms with Gasteiger partial charge in [-0.05, 0) is 145 Å². The molecule has 4 N–H and O–H groups in total. The maximum Gasteiger partial charge on any atom is 0.335 e. The minimum absolute atomic E-state index is 0. The molecule has 77 heavy (non-hydrogen) atoms. The fraction of sp³-hybridized carbons (Fsp3) is 0.226. The van der Waals surface area contributed by atoms with Crippen LogP contribution in [0.25, 0.3) is 21.8 Å². The highest BCUT2D eigenvalue weighted by Crippen LogP contribution is 2.50. The number of hydrogen-bond donors (Lipinski definition) is 3. The van der Waals surface area contributed by atoms with Crippen molar-refractivity contribution >= 4 is 62.5 Å². The van der Waals surface area contributed by atoms with E-state index in [0.29, 0.717) is 98.4 Å². The monoisotopic (exact) mass is 1040 g/mol. The normalized spacial score (nSPS) is 13.4. The molecule has 10 rings (SSSR count). The lowest BCUT2D eigenvalue weighted by molar-refractivity contribution is -0.135. The lowest BCUT2D eigenvalue weighted by Crippen LogP contribution is -2.28. The van der Waals surface area contributed by atoms with Crippen LogP contribution in [0.4, 0.5) is 14.5 Å². The molecule has 2 fully saturated rings. The van der Waals surface area contributed by atoms with Crippen LogP contribution < -0.4 is 20.5 Å². The minimum atomic E-state index is -1.02. The number of amides is 1. The Bertz CT molecular complexity index is 3540. The van der Waals surface area contributed by atoms with E-state index in [1.807, 2.05) is 0 Å². The van der Waals surface area contributed by atoms with Gasteiger partial charge in [-0.25, -0.2) is 13.6 Å². The van der Waals surface area contributed by atoms with E-state index in [0.717, 1.165) is 11.1 Å². The van der Waals surface area contributed by atoms with E-state index in [4.69, 9.17) is 15.2 Å². The average Bonchev–Trinajstić information content (AvgIpc) is 4.38. The quantitative estimate of drug-likeness (QED) is 0.0542. The van der Waals surface area contributed by atoms with Gasteiger partial charge in [-0.1, -0.05) is 63.4 Å². The van der Waals surface area contributed by atoms with Crippen LogP contribution in [-0.2, 0) is 44.9 Å². The van der Waals surface area contributed by atoms with Crippen molar-refractivity contribution in [1.82, 2.24) is 15.3 Å². The van der Waals surface area contributed by atoms with Crippen molar-refractivity contribution in [2.24, 2.45) is 10.8 Å². The van der Waals surface area contributed by atoms with Crippen LogP contribution in [0.3, 0.4) is 0 Å². The Morgan fingerprint density at radius 3 is 1.25 bits per heavy atom. The molecule has 2 heterocycles. The molecular formula is C62H58F2N4O9. The number of ether oxygens (including phenoxy) is 2. The molecule has 0 unspecified atom stereocenters. The van der Waals surface area contributed by atoms with E-state index in [2.05, 4.69) is 15.3 Å². The topological polar surface area (TPSA) is 205 Å². The molecule has 2 saturated carbocycles. The first-order chi connectivity index (χ1) is 36.0. The summed E-state index contributed by atoms with van der Waals surface area (Å²) in [6, 6.07) is 35.6. The summed E-state index contributed by atoms with van der Waals surface area (Å²) in [4.78, 5) is 84.3. The summed E-state index contributed by atoms with van der Waals surface area (Å²) in [5, 5.41) is 13.3. The summed E-state index contributed by atoms with van der Waals surface area (Å²) in [5.74, 6) is -0.449. The predicted octanol–water partition coefficient (Wildman–Crippen LogP) is 12.0. The molecule has 8 aromatic rings. The number of carbonyl (C=O) groups is 6. The van der Waals surface area contributed by atoms with Gasteiger partial charge >= 0.3 is 5.97 Å². The largest absolute Gasteiger partial charge is 0.478 e. The SMILES string of the molecule is C.C.CNC(=O)c1cc2c(Oc3ccc(CC(=O)C4(C(=O)Cc5ccc(F)cc5)CC4)cc3)ccnc2cc1N.Cc1cc2nccc(Oc3ccc(CC(=O)C4(C(=O)Cc5ccc(F)cc5)CC4)cc3)c2cc1C(=O)O. The second-order valence-electron chi connectivity index (χ2n) is 19.0. The Kier molecular flexibility index (Phi) is 16.9. The third-order valence-electron chi connectivity index (χ3n) is 13.8. The van der Waals surface area contributed by atoms with Crippen molar-refractivity contribution in [3.05, 3.63) is 196 Å². The summed E-state index contributed by atoms with van der Waals surface area (Å²) in [5.41, 5.74) is 9.73. The maximum atomic E-state index is 13.2. The number of nitrogen functional groups attached to an aromatic ring is 1. The highest BCUT2D eigenvalue weighted by molar-refractivity contribution is 6.12. The first kappa shape index (κ1) is 55.8. The summed E-state index contributed by atoms with van der Waals surface area (Å²) in [6.45, 7) is 1.72. The number of nitrogens with two attached hydrogens (primary N) is 1. The van der Waals surface area contributed by atoms with E-state index >= 15 is 0 Å². The maximum absolute atomic E-state index is 13.2. The number of pyridine rings is 2. The summed E-state index contributed by atoms with van der Waals surface area (Å²) >= 11 is 0. The lowest BCUT2D eigenvalue weighted by atomic mass is 9.88. The molecule has 0 spiro atoms. The Morgan fingerprint density at radius 2 is 0.896 bits per heavy atom. The van der Waals surface area contributed by atoms with Crippen LogP contribution in [0.15, 0.2) is 146 Å². The standard InChI is InChI=1S/C30H26FN3O4.C30H24FNO5.2CH4/c1-33-29(37)22-16-23-25(17-24(22)32)34-13-10-26(23)38-21-8-4-19(5-9-21)15-28(36)30(11-12-30)27(35)14-18-2-6-20(31)7-3-18;1-18-14-25-24(17-23(18)29(35)36)26(10-13-32-25)37-22-8-4-20(5-9-22)16-28(34)30(11-12-30)27(33)15-19-2-6-21(31)7-3-19;;/h2-10,13,16-17H,11-12,14-15,32H2,1H3,(H,33,37);2-10,13-14,17H,11-12,15-16H2,1H3,(H,35,36);2*1H4. The number of nitrogens with one attached hydrogen (secondary N) is 1. The number of benzene rings is 6. The number of aromatic nitrogens is 2. The van der Waals surface area contributed by atoms with E-state index < -0.39 is 16.8 Å². The third-order valence-corrected chi connectivity index (χ3v) is 13.8. The smallest absolute Gasteiger partial charge is 0.335 e. The molecule has 2 aromatic heterocycles. The van der Waals surface area contributed by atoms with Gasteiger partial charge in [0.25, 0.3) is 5.91 Å². The van der Waals surface area contributed by atoms with Crippen LogP contribution in [0.1, 0.15) is 89.1 Å². The first-order valence-electron chi connectivity index (χ1n) is 24.2. The molecule has 6 aromatic carbocycles. The Balaban J connectivity index is 0.000000218. The summed E-state index contributed by atoms with van der Waals surface area (Å²) < 4.78 is 38.4. The Labute approximate surface area is 444 Å². The highest BCUT2D eigenvalue weighted by Gasteiger charge is 2.55. The zero-order chi connectivity index (χ0) is 53.0. The van der Waals surface area contributed by atoms with Crippen molar-refractivity contribution in [2.75, 3.05) is 12.8 Å². The number of rotatable bonds is 18. The minimum Gasteiger partial charge on any atom is -0.478 e. The zero-order valence-electron chi connectivity index (χ0n) is 41.0. The highest BCUT2D eigenvalue weighted by atomic mass is 19.1. The van der Waals surface area contributed by atoms with Gasteiger partial charge in [-0.3, -0.25) is 33.9 Å². The van der Waals surface area contributed by atoms with Crippen LogP contribution in [0, 0.1) is 29.4 Å². The number of nitrogens with zero attached hydrogens (tertiary/aromatic N) is 2. The number of carbonyl (C=O) groups excluding carboxylic acids is 5. The average molecular weight is 1040 g/mol. The van der Waals surface area contributed by atoms with Gasteiger partial charge in [0.2, 0.25) is 0 Å². The third kappa shape index (κ3) is 12.4. The lowest BCUT2D eigenvalue weighted by Gasteiger charge is -2.14. The van der Waals surface area contributed by atoms with E-state index in [1.54, 1.807) is 129 Å². The van der Waals surface area contributed by atoms with E-state index in [9.17, 15) is 42.7 Å². The molecular weight excluding hydrogens is 983 g/mol. The molecule has 0 bridgehead atoms. The fourth-order valence-electron chi connectivity index (χ4n) is 9.10. The van der Waals surface area contributed by atoms with E-state index in [1.165, 1.54) is 31.3 Å². The van der Waals surface area contributed by atoms with Gasteiger partial charge in [0.15, 0.2) is 23.1 Å².